The molecule has 0 amide bonds. The number of hydrogen-bond acceptors (Lipinski definition) is 6. The zero-order valence-electron chi connectivity index (χ0n) is 50.3. The molecule has 0 fully saturated rings. The van der Waals surface area contributed by atoms with Crippen LogP contribution in [0.25, 0.3) is 0 Å². The Hall–Kier alpha value is -3.41. The third-order valence-electron chi connectivity index (χ3n) is 14.1. The third kappa shape index (κ3) is 61.4. The second-order valence-corrected chi connectivity index (χ2v) is 21.7. The molecule has 0 aliphatic carbocycles. The van der Waals surface area contributed by atoms with Crippen molar-refractivity contribution in [2.45, 2.75) is 329 Å². The van der Waals surface area contributed by atoms with Gasteiger partial charge in [0.2, 0.25) is 0 Å². The molecule has 0 aliphatic rings. The molecule has 6 heteroatoms. The fraction of sp³-hybridized carbons (Fsp3) is 0.757. The number of ether oxygens (including phenoxy) is 3. The number of allylic oxidation sites excluding steroid dienone is 14. The van der Waals surface area contributed by atoms with Crippen LogP contribution in [0.5, 0.6) is 0 Å². The number of unbranched alkanes of at least 4 members (excludes halogenated alkanes) is 34. The second-order valence-electron chi connectivity index (χ2n) is 21.7. The number of esters is 3. The van der Waals surface area contributed by atoms with E-state index in [0.717, 1.165) is 103 Å². The first kappa shape index (κ1) is 72.6. The predicted molar refractivity (Wildman–Crippen MR) is 330 cm³/mol. The largest absolute Gasteiger partial charge is 0.462 e. The molecule has 1 atom stereocenters. The van der Waals surface area contributed by atoms with E-state index in [1.165, 1.54) is 180 Å². The Bertz CT molecular complexity index is 1450. The summed E-state index contributed by atoms with van der Waals surface area (Å²) in [5.41, 5.74) is 0. The molecule has 0 rings (SSSR count). The molecule has 0 spiro atoms. The Balaban J connectivity index is 4.40. The summed E-state index contributed by atoms with van der Waals surface area (Å²) in [6, 6.07) is 0. The van der Waals surface area contributed by atoms with E-state index in [1.807, 2.05) is 0 Å². The van der Waals surface area contributed by atoms with Gasteiger partial charge >= 0.3 is 17.9 Å². The van der Waals surface area contributed by atoms with Crippen molar-refractivity contribution in [1.29, 1.82) is 0 Å². The number of carbonyl (C=O) groups is 3. The molecule has 0 aromatic carbocycles. The smallest absolute Gasteiger partial charge is 0.306 e. The van der Waals surface area contributed by atoms with Crippen molar-refractivity contribution in [3.8, 4) is 0 Å². The van der Waals surface area contributed by atoms with Crippen molar-refractivity contribution >= 4 is 17.9 Å². The van der Waals surface area contributed by atoms with Crippen LogP contribution in [0.15, 0.2) is 85.1 Å². The van der Waals surface area contributed by atoms with Crippen LogP contribution in [-0.2, 0) is 28.6 Å². The molecule has 1 unspecified atom stereocenters. The van der Waals surface area contributed by atoms with Crippen LogP contribution in [0.2, 0.25) is 0 Å². The molecule has 0 aromatic heterocycles. The van der Waals surface area contributed by atoms with Gasteiger partial charge < -0.3 is 14.2 Å². The lowest BCUT2D eigenvalue weighted by Crippen LogP contribution is -2.30. The molecular weight excluding hydrogens is 937 g/mol. The van der Waals surface area contributed by atoms with Gasteiger partial charge in [-0.2, -0.15) is 0 Å². The van der Waals surface area contributed by atoms with Gasteiger partial charge in [-0.3, -0.25) is 14.4 Å². The van der Waals surface area contributed by atoms with Gasteiger partial charge in [0.25, 0.3) is 0 Å². The van der Waals surface area contributed by atoms with E-state index in [2.05, 4.69) is 106 Å². The van der Waals surface area contributed by atoms with E-state index in [9.17, 15) is 14.4 Å². The minimum atomic E-state index is -0.790. The highest BCUT2D eigenvalue weighted by Gasteiger charge is 2.19. The molecule has 0 radical (unpaired) electrons. The zero-order chi connectivity index (χ0) is 55.0. The Morgan fingerprint density at radius 2 is 0.474 bits per heavy atom. The highest BCUT2D eigenvalue weighted by atomic mass is 16.6. The zero-order valence-corrected chi connectivity index (χ0v) is 50.3. The highest BCUT2D eigenvalue weighted by molar-refractivity contribution is 5.71. The minimum Gasteiger partial charge on any atom is -0.462 e. The number of rotatable bonds is 59. The Labute approximate surface area is 471 Å². The third-order valence-corrected chi connectivity index (χ3v) is 14.1. The summed E-state index contributed by atoms with van der Waals surface area (Å²) in [7, 11) is 0. The lowest BCUT2D eigenvalue weighted by molar-refractivity contribution is -0.167. The van der Waals surface area contributed by atoms with Gasteiger partial charge in [-0.15, -0.1) is 0 Å². The van der Waals surface area contributed by atoms with Gasteiger partial charge in [-0.25, -0.2) is 0 Å². The van der Waals surface area contributed by atoms with Crippen LogP contribution in [0, 0.1) is 0 Å². The number of carbonyl (C=O) groups excluding carboxylic acids is 3. The molecule has 76 heavy (non-hydrogen) atoms. The molecular formula is C70H122O6. The lowest BCUT2D eigenvalue weighted by atomic mass is 10.1. The van der Waals surface area contributed by atoms with Gasteiger partial charge in [-0.1, -0.05) is 266 Å². The van der Waals surface area contributed by atoms with Gasteiger partial charge in [0, 0.05) is 19.3 Å². The molecule has 0 N–H and O–H groups in total. The summed E-state index contributed by atoms with van der Waals surface area (Å²) in [6.45, 7) is 6.60. The van der Waals surface area contributed by atoms with Crippen molar-refractivity contribution in [1.82, 2.24) is 0 Å². The first-order valence-electron chi connectivity index (χ1n) is 32.6. The van der Waals surface area contributed by atoms with Crippen LogP contribution < -0.4 is 0 Å². The van der Waals surface area contributed by atoms with Gasteiger partial charge in [-0.05, 0) is 122 Å². The molecule has 0 saturated carbocycles. The van der Waals surface area contributed by atoms with Crippen molar-refractivity contribution in [3.63, 3.8) is 0 Å². The molecule has 0 saturated heterocycles. The molecule has 0 aliphatic heterocycles. The summed E-state index contributed by atoms with van der Waals surface area (Å²) >= 11 is 0. The van der Waals surface area contributed by atoms with E-state index in [4.69, 9.17) is 14.2 Å². The SMILES string of the molecule is CCCCC/C=C\C/C=C\CCCCCCCCCC(=O)OCC(COC(=O)CCCCCCCCCC/C=C\C/C=C\C/C=C\CCCCCCC)OC(=O)CCCCCCCCC/C=C\C/C=C\CCCCCC. The normalized spacial score (nSPS) is 12.6. The summed E-state index contributed by atoms with van der Waals surface area (Å²) in [5, 5.41) is 0. The van der Waals surface area contributed by atoms with Gasteiger partial charge in [0.15, 0.2) is 6.10 Å². The van der Waals surface area contributed by atoms with E-state index >= 15 is 0 Å². The van der Waals surface area contributed by atoms with E-state index in [1.54, 1.807) is 0 Å². The predicted octanol–water partition coefficient (Wildman–Crippen LogP) is 22.3. The first-order chi connectivity index (χ1) is 37.5. The van der Waals surface area contributed by atoms with Crippen molar-refractivity contribution in [2.24, 2.45) is 0 Å². The minimum absolute atomic E-state index is 0.0856. The fourth-order valence-electron chi connectivity index (χ4n) is 9.16. The molecule has 0 bridgehead atoms. The molecule has 0 heterocycles. The lowest BCUT2D eigenvalue weighted by Gasteiger charge is -2.18. The molecule has 0 aromatic rings. The van der Waals surface area contributed by atoms with Crippen LogP contribution in [-0.4, -0.2) is 37.2 Å². The maximum absolute atomic E-state index is 12.9. The highest BCUT2D eigenvalue weighted by Crippen LogP contribution is 2.16. The molecule has 438 valence electrons. The van der Waals surface area contributed by atoms with Crippen LogP contribution in [0.4, 0.5) is 0 Å². The second kappa shape index (κ2) is 64.1. The monoisotopic (exact) mass is 1060 g/mol. The average Bonchev–Trinajstić information content (AvgIpc) is 3.42. The van der Waals surface area contributed by atoms with Crippen molar-refractivity contribution in [3.05, 3.63) is 85.1 Å². The maximum atomic E-state index is 12.9. The number of hydrogen-bond donors (Lipinski definition) is 0. The Morgan fingerprint density at radius 1 is 0.263 bits per heavy atom. The average molecular weight is 1060 g/mol. The van der Waals surface area contributed by atoms with Gasteiger partial charge in [0.05, 0.1) is 0 Å². The Kier molecular flexibility index (Phi) is 61.2. The van der Waals surface area contributed by atoms with Crippen LogP contribution >= 0.6 is 0 Å². The van der Waals surface area contributed by atoms with Crippen LogP contribution in [0.1, 0.15) is 323 Å². The van der Waals surface area contributed by atoms with Crippen LogP contribution in [0.3, 0.4) is 0 Å². The maximum Gasteiger partial charge on any atom is 0.306 e. The summed E-state index contributed by atoms with van der Waals surface area (Å²) < 4.78 is 16.9. The summed E-state index contributed by atoms with van der Waals surface area (Å²) in [6.07, 6.45) is 84.3. The topological polar surface area (TPSA) is 78.9 Å². The summed E-state index contributed by atoms with van der Waals surface area (Å²) in [5.74, 6) is -0.895. The fourth-order valence-corrected chi connectivity index (χ4v) is 9.16. The van der Waals surface area contributed by atoms with E-state index in [0.29, 0.717) is 19.3 Å². The van der Waals surface area contributed by atoms with Crippen molar-refractivity contribution < 1.29 is 28.6 Å². The first-order valence-corrected chi connectivity index (χ1v) is 32.6. The standard InChI is InChI=1S/C70H122O6/c1-4-7-10-13-16-19-22-25-28-31-33-34-35-36-37-40-42-45-48-51-54-57-60-63-69(72)75-66-67(65-74-68(71)62-59-56-53-50-47-44-41-38-30-27-24-21-18-15-12-9-6-3)76-70(73)64-61-58-55-52-49-46-43-39-32-29-26-23-20-17-14-11-8-5-2/h18,20-23,25,27,29-33,35-36,67H,4-17,19,24,26,28,34,37-66H2,1-3H3/b21-18-,23-20-,25-22-,30-27-,32-29-,33-31-,36-35-. The van der Waals surface area contributed by atoms with E-state index < -0.39 is 6.10 Å². The van der Waals surface area contributed by atoms with E-state index in [-0.39, 0.29) is 31.1 Å². The van der Waals surface area contributed by atoms with Gasteiger partial charge in [0.1, 0.15) is 13.2 Å². The molecule has 6 nitrogen and oxygen atoms in total. The Morgan fingerprint density at radius 3 is 0.776 bits per heavy atom. The quantitative estimate of drug-likeness (QED) is 0.0261. The summed E-state index contributed by atoms with van der Waals surface area (Å²) in [4.78, 5) is 38.4. The van der Waals surface area contributed by atoms with Crippen molar-refractivity contribution in [2.75, 3.05) is 13.2 Å².